The molecule has 16 heavy (non-hydrogen) atoms. The molecule has 1 aliphatic heterocycles. The normalized spacial score (nSPS) is 26.2. The summed E-state index contributed by atoms with van der Waals surface area (Å²) < 4.78 is 0. The van der Waals surface area contributed by atoms with Crippen LogP contribution in [-0.4, -0.2) is 51.7 Å². The maximum Gasteiger partial charge on any atom is 0.326 e. The number of aliphatic hydroxyl groups is 1. The quantitative estimate of drug-likeness (QED) is 0.502. The number of carbonyl (C=O) groups excluding carboxylic acids is 1. The van der Waals surface area contributed by atoms with Gasteiger partial charge in [-0.15, -0.1) is 12.3 Å². The van der Waals surface area contributed by atoms with Crippen LogP contribution in [0.2, 0.25) is 0 Å². The Balaban J connectivity index is 2.75. The van der Waals surface area contributed by atoms with Crippen molar-refractivity contribution in [2.75, 3.05) is 6.54 Å². The molecule has 0 aromatic rings. The number of aliphatic carboxylic acids is 1. The smallest absolute Gasteiger partial charge is 0.326 e. The third kappa shape index (κ3) is 2.51. The third-order valence-corrected chi connectivity index (χ3v) is 2.50. The molecule has 0 radical (unpaired) electrons. The second-order valence-corrected chi connectivity index (χ2v) is 3.75. The largest absolute Gasteiger partial charge is 0.480 e. The molecule has 0 spiro atoms. The predicted molar refractivity (Wildman–Crippen MR) is 55.2 cm³/mol. The zero-order valence-corrected chi connectivity index (χ0v) is 8.67. The second kappa shape index (κ2) is 4.96. The number of nitrogens with two attached hydrogens (primary N) is 1. The van der Waals surface area contributed by atoms with E-state index >= 15 is 0 Å². The van der Waals surface area contributed by atoms with Gasteiger partial charge in [0.2, 0.25) is 5.91 Å². The lowest BCUT2D eigenvalue weighted by Gasteiger charge is -2.23. The summed E-state index contributed by atoms with van der Waals surface area (Å²) in [5.41, 5.74) is 5.51. The molecular formula is C10H14N2O4. The van der Waals surface area contributed by atoms with Crippen LogP contribution < -0.4 is 5.73 Å². The van der Waals surface area contributed by atoms with Gasteiger partial charge in [-0.2, -0.15) is 0 Å². The molecule has 6 heteroatoms. The van der Waals surface area contributed by atoms with Crippen molar-refractivity contribution < 1.29 is 19.8 Å². The number of β-amino-alcohol motifs (C(OH)–C–C–N with tert-alkyl or cyclic N) is 1. The van der Waals surface area contributed by atoms with E-state index in [1.165, 1.54) is 0 Å². The Morgan fingerprint density at radius 1 is 1.62 bits per heavy atom. The van der Waals surface area contributed by atoms with Gasteiger partial charge in [0.1, 0.15) is 6.04 Å². The minimum Gasteiger partial charge on any atom is -0.480 e. The first-order chi connectivity index (χ1) is 7.47. The summed E-state index contributed by atoms with van der Waals surface area (Å²) >= 11 is 0. The molecular weight excluding hydrogens is 212 g/mol. The van der Waals surface area contributed by atoms with Crippen molar-refractivity contribution in [3.63, 3.8) is 0 Å². The Kier molecular flexibility index (Phi) is 3.88. The van der Waals surface area contributed by atoms with Crippen molar-refractivity contribution in [1.29, 1.82) is 0 Å². The average Bonchev–Trinajstić information content (AvgIpc) is 2.59. The summed E-state index contributed by atoms with van der Waals surface area (Å²) in [5.74, 6) is 0.578. The number of carboxylic acid groups (broad SMARTS) is 1. The number of rotatable bonds is 3. The van der Waals surface area contributed by atoms with Gasteiger partial charge < -0.3 is 20.8 Å². The summed E-state index contributed by atoms with van der Waals surface area (Å²) in [6, 6.07) is -1.91. The number of nitrogens with zero attached hydrogens (tertiary/aromatic N) is 1. The van der Waals surface area contributed by atoms with Crippen LogP contribution in [0.4, 0.5) is 0 Å². The van der Waals surface area contributed by atoms with Crippen LogP contribution in [-0.2, 0) is 9.59 Å². The molecule has 1 heterocycles. The van der Waals surface area contributed by atoms with Gasteiger partial charge in [0, 0.05) is 19.4 Å². The highest BCUT2D eigenvalue weighted by atomic mass is 16.4. The Bertz CT molecular complexity index is 336. The van der Waals surface area contributed by atoms with Crippen molar-refractivity contribution in [3.05, 3.63) is 0 Å². The van der Waals surface area contributed by atoms with Gasteiger partial charge in [-0.25, -0.2) is 4.79 Å². The maximum atomic E-state index is 11.7. The molecule has 1 aliphatic rings. The van der Waals surface area contributed by atoms with Crippen LogP contribution in [0.1, 0.15) is 12.8 Å². The van der Waals surface area contributed by atoms with Gasteiger partial charge in [-0.1, -0.05) is 0 Å². The molecule has 88 valence electrons. The van der Waals surface area contributed by atoms with E-state index in [1.807, 2.05) is 0 Å². The molecule has 0 saturated carbocycles. The number of carboxylic acids is 1. The van der Waals surface area contributed by atoms with Gasteiger partial charge >= 0.3 is 5.97 Å². The summed E-state index contributed by atoms with van der Waals surface area (Å²) in [5, 5.41) is 18.2. The Hall–Kier alpha value is -1.58. The highest BCUT2D eigenvalue weighted by Gasteiger charge is 2.40. The van der Waals surface area contributed by atoms with Crippen molar-refractivity contribution in [2.45, 2.75) is 31.0 Å². The zero-order chi connectivity index (χ0) is 12.3. The third-order valence-electron chi connectivity index (χ3n) is 2.50. The number of amides is 1. The topological polar surface area (TPSA) is 104 Å². The van der Waals surface area contributed by atoms with Gasteiger partial charge in [0.25, 0.3) is 0 Å². The molecule has 6 nitrogen and oxygen atoms in total. The van der Waals surface area contributed by atoms with Crippen LogP contribution in [0.5, 0.6) is 0 Å². The van der Waals surface area contributed by atoms with Gasteiger partial charge in [0.05, 0.1) is 12.1 Å². The first-order valence-electron chi connectivity index (χ1n) is 4.87. The Labute approximate surface area is 93.0 Å². The fourth-order valence-corrected chi connectivity index (χ4v) is 1.72. The van der Waals surface area contributed by atoms with Crippen molar-refractivity contribution >= 4 is 11.9 Å². The number of aliphatic hydroxyl groups excluding tert-OH is 1. The number of terminal acetylenes is 1. The monoisotopic (exact) mass is 226 g/mol. The summed E-state index contributed by atoms with van der Waals surface area (Å²) in [6.07, 6.45) is 4.29. The fraction of sp³-hybridized carbons (Fsp3) is 0.600. The Morgan fingerprint density at radius 2 is 2.25 bits per heavy atom. The maximum absolute atomic E-state index is 11.7. The number of hydrogen-bond donors (Lipinski definition) is 3. The van der Waals surface area contributed by atoms with Crippen LogP contribution in [0.15, 0.2) is 0 Å². The molecule has 4 N–H and O–H groups in total. The Morgan fingerprint density at radius 3 is 2.75 bits per heavy atom. The van der Waals surface area contributed by atoms with Crippen LogP contribution in [0, 0.1) is 12.3 Å². The van der Waals surface area contributed by atoms with Gasteiger partial charge in [-0.05, 0) is 0 Å². The highest BCUT2D eigenvalue weighted by molar-refractivity contribution is 5.87. The van der Waals surface area contributed by atoms with E-state index in [1.54, 1.807) is 0 Å². The fourth-order valence-electron chi connectivity index (χ4n) is 1.72. The van der Waals surface area contributed by atoms with Gasteiger partial charge in [0.15, 0.2) is 0 Å². The average molecular weight is 226 g/mol. The molecule has 1 fully saturated rings. The summed E-state index contributed by atoms with van der Waals surface area (Å²) in [7, 11) is 0. The lowest BCUT2D eigenvalue weighted by atomic mass is 10.1. The second-order valence-electron chi connectivity index (χ2n) is 3.75. The number of carbonyl (C=O) groups is 2. The molecule has 1 saturated heterocycles. The van der Waals surface area contributed by atoms with Crippen molar-refractivity contribution in [2.24, 2.45) is 5.73 Å². The highest BCUT2D eigenvalue weighted by Crippen LogP contribution is 2.19. The van der Waals surface area contributed by atoms with E-state index < -0.39 is 30.1 Å². The van der Waals surface area contributed by atoms with Crippen molar-refractivity contribution in [1.82, 2.24) is 4.90 Å². The van der Waals surface area contributed by atoms with Crippen LogP contribution >= 0.6 is 0 Å². The lowest BCUT2D eigenvalue weighted by Crippen LogP contribution is -2.48. The lowest BCUT2D eigenvalue weighted by molar-refractivity contribution is -0.148. The minimum absolute atomic E-state index is 0.00588. The predicted octanol–water partition coefficient (Wildman–Crippen LogP) is -1.62. The van der Waals surface area contributed by atoms with E-state index in [4.69, 9.17) is 17.3 Å². The van der Waals surface area contributed by atoms with E-state index in [-0.39, 0.29) is 19.4 Å². The van der Waals surface area contributed by atoms with Crippen molar-refractivity contribution in [3.8, 4) is 12.3 Å². The SMILES string of the molecule is C#CCC(N)C(=O)N1C[C@H](O)C[C@@H]1C(=O)O. The standard InChI is InChI=1S/C10H14N2O4/c1-2-3-7(11)9(14)12-5-6(13)4-8(12)10(15)16/h1,6-8,13H,3-5,11H2,(H,15,16)/t6-,7?,8-/m1/s1. The first kappa shape index (κ1) is 12.5. The summed E-state index contributed by atoms with van der Waals surface area (Å²) in [4.78, 5) is 23.7. The molecule has 1 rings (SSSR count). The van der Waals surface area contributed by atoms with Crippen LogP contribution in [0.25, 0.3) is 0 Å². The van der Waals surface area contributed by atoms with Crippen LogP contribution in [0.3, 0.4) is 0 Å². The molecule has 0 aromatic heterocycles. The van der Waals surface area contributed by atoms with E-state index in [0.717, 1.165) is 4.90 Å². The molecule has 0 aromatic carbocycles. The number of hydrogen-bond acceptors (Lipinski definition) is 4. The molecule has 0 bridgehead atoms. The molecule has 3 atom stereocenters. The molecule has 0 aliphatic carbocycles. The number of likely N-dealkylation sites (tertiary alicyclic amines) is 1. The van der Waals surface area contributed by atoms with E-state index in [0.29, 0.717) is 0 Å². The first-order valence-corrected chi connectivity index (χ1v) is 4.87. The zero-order valence-electron chi connectivity index (χ0n) is 8.67. The van der Waals surface area contributed by atoms with E-state index in [9.17, 15) is 14.7 Å². The molecule has 1 amide bonds. The molecule has 1 unspecified atom stereocenters. The van der Waals surface area contributed by atoms with Gasteiger partial charge in [-0.3, -0.25) is 4.79 Å². The van der Waals surface area contributed by atoms with E-state index in [2.05, 4.69) is 5.92 Å². The minimum atomic E-state index is -1.14. The summed E-state index contributed by atoms with van der Waals surface area (Å²) in [6.45, 7) is -0.00588.